The van der Waals surface area contributed by atoms with Crippen molar-refractivity contribution in [1.29, 1.82) is 0 Å². The summed E-state index contributed by atoms with van der Waals surface area (Å²) in [6, 6.07) is 0.779. The number of aliphatic hydroxyl groups is 1. The zero-order valence-electron chi connectivity index (χ0n) is 33.5. The van der Waals surface area contributed by atoms with Crippen LogP contribution in [0.1, 0.15) is 86.8 Å². The van der Waals surface area contributed by atoms with Crippen molar-refractivity contribution in [1.82, 2.24) is 35.0 Å². The minimum absolute atomic E-state index is 0.0151. The summed E-state index contributed by atoms with van der Waals surface area (Å²) < 4.78 is 53.2. The molecule has 2 heterocycles. The van der Waals surface area contributed by atoms with Crippen molar-refractivity contribution >= 4 is 27.9 Å². The highest BCUT2D eigenvalue weighted by Gasteiger charge is 2.47. The summed E-state index contributed by atoms with van der Waals surface area (Å²) in [6.07, 6.45) is -0.0489. The summed E-state index contributed by atoms with van der Waals surface area (Å²) in [4.78, 5) is 48.5. The molecule has 0 radical (unpaired) electrons. The molecule has 1 aliphatic heterocycles. The van der Waals surface area contributed by atoms with E-state index in [0.29, 0.717) is 31.7 Å². The Labute approximate surface area is 316 Å². The summed E-state index contributed by atoms with van der Waals surface area (Å²) in [7, 11) is -0.591. The van der Waals surface area contributed by atoms with Crippen LogP contribution >= 0.6 is 0 Å². The van der Waals surface area contributed by atoms with Crippen molar-refractivity contribution in [2.45, 2.75) is 124 Å². The number of amides is 4. The molecule has 4 amide bonds. The number of aliphatic hydroxyl groups excluding tert-OH is 1. The van der Waals surface area contributed by atoms with Crippen LogP contribution in [0.3, 0.4) is 0 Å². The van der Waals surface area contributed by atoms with E-state index in [-0.39, 0.29) is 19.0 Å². The molecule has 0 aromatic carbocycles. The highest BCUT2D eigenvalue weighted by Crippen LogP contribution is 2.34. The van der Waals surface area contributed by atoms with Crippen molar-refractivity contribution < 1.29 is 36.7 Å². The summed E-state index contributed by atoms with van der Waals surface area (Å²) in [5, 5.41) is 20.4. The molecule has 2 rings (SSSR count). The third-order valence-corrected chi connectivity index (χ3v) is 11.3. The summed E-state index contributed by atoms with van der Waals surface area (Å²) in [5.41, 5.74) is -0.540. The van der Waals surface area contributed by atoms with Crippen molar-refractivity contribution in [2.75, 3.05) is 40.0 Å². The number of sulfonamides is 1. The number of aromatic nitrogens is 1. The van der Waals surface area contributed by atoms with Gasteiger partial charge in [0, 0.05) is 64.5 Å². The number of pyridine rings is 1. The molecule has 4 N–H and O–H groups in total. The lowest BCUT2D eigenvalue weighted by Gasteiger charge is -2.42. The molecule has 2 unspecified atom stereocenters. The second kappa shape index (κ2) is 19.6. The van der Waals surface area contributed by atoms with Crippen LogP contribution in [0.5, 0.6) is 0 Å². The monoisotopic (exact) mass is 773 g/mol. The van der Waals surface area contributed by atoms with Crippen LogP contribution in [0, 0.1) is 22.7 Å². The number of likely N-dealkylation sites (tertiary alicyclic amines) is 1. The standard InChI is InChI=1S/C37H65F2N7O6S/c1-24(2)15-16-25-17-21-46(30(25)32(47)41-27(22-29(38)39)33(48)44(9)20-18-26-14-12-13-19-40-26)34(49)31(37(6,7)8)43-35(50)42-28(36(3,4)5)23-45(10)53(11,51)52/h12-14,19,24-25,27-31,34,49H,15-18,20-23H2,1-11H3,(H,41,47)(H2,42,43,50)/t25?,27-,28+,30-,31+,34?/m0/s1. The Morgan fingerprint density at radius 2 is 1.68 bits per heavy atom. The second-order valence-corrected chi connectivity index (χ2v) is 19.1. The molecule has 304 valence electrons. The predicted octanol–water partition coefficient (Wildman–Crippen LogP) is 3.69. The van der Waals surface area contributed by atoms with E-state index in [4.69, 9.17) is 0 Å². The zero-order chi connectivity index (χ0) is 40.5. The third-order valence-electron chi connectivity index (χ3n) is 9.99. The minimum atomic E-state index is -3.53. The van der Waals surface area contributed by atoms with Gasteiger partial charge < -0.3 is 26.0 Å². The lowest BCUT2D eigenvalue weighted by molar-refractivity contribution is -0.141. The van der Waals surface area contributed by atoms with E-state index in [2.05, 4.69) is 34.8 Å². The SMILES string of the molecule is CC(C)CCC1CCN(C(O)[C@@H](NC(=O)N[C@H](CN(C)S(C)(=O)=O)C(C)(C)C)C(C)(C)C)[C@@H]1C(=O)N[C@@H](CC(F)F)C(=O)N(C)CCc1ccccn1. The van der Waals surface area contributed by atoms with E-state index in [1.807, 2.05) is 47.6 Å². The Kier molecular flexibility index (Phi) is 17.1. The molecule has 6 atom stereocenters. The highest BCUT2D eigenvalue weighted by atomic mass is 32.2. The molecule has 1 saturated heterocycles. The van der Waals surface area contributed by atoms with Crippen LogP contribution in [0.2, 0.25) is 0 Å². The van der Waals surface area contributed by atoms with Crippen LogP contribution in [-0.2, 0) is 26.0 Å². The maximum Gasteiger partial charge on any atom is 0.315 e. The second-order valence-electron chi connectivity index (χ2n) is 17.1. The van der Waals surface area contributed by atoms with Crippen LogP contribution in [-0.4, -0.2) is 127 Å². The van der Waals surface area contributed by atoms with Gasteiger partial charge in [-0.3, -0.25) is 19.5 Å². The van der Waals surface area contributed by atoms with Crippen molar-refractivity contribution in [3.05, 3.63) is 30.1 Å². The zero-order valence-corrected chi connectivity index (χ0v) is 34.3. The first-order valence-corrected chi connectivity index (χ1v) is 20.3. The first-order valence-electron chi connectivity index (χ1n) is 18.5. The average molecular weight is 774 g/mol. The number of nitrogens with one attached hydrogen (secondary N) is 3. The van der Waals surface area contributed by atoms with Gasteiger partial charge in [-0.05, 0) is 47.6 Å². The highest BCUT2D eigenvalue weighted by molar-refractivity contribution is 7.88. The number of likely N-dealkylation sites (N-methyl/N-ethyl adjacent to an activating group) is 2. The van der Waals surface area contributed by atoms with Gasteiger partial charge in [0.05, 0.1) is 18.3 Å². The van der Waals surface area contributed by atoms with Gasteiger partial charge in [0.2, 0.25) is 28.3 Å². The number of carbonyl (C=O) groups is 3. The number of hydrogen-bond donors (Lipinski definition) is 4. The van der Waals surface area contributed by atoms with Gasteiger partial charge in [-0.25, -0.2) is 26.3 Å². The lowest BCUT2D eigenvalue weighted by atomic mass is 9.84. The van der Waals surface area contributed by atoms with E-state index >= 15 is 0 Å². The molecule has 0 spiro atoms. The Balaban J connectivity index is 2.37. The molecule has 0 bridgehead atoms. The number of rotatable bonds is 18. The topological polar surface area (TPSA) is 164 Å². The Hall–Kier alpha value is -2.95. The van der Waals surface area contributed by atoms with Crippen LogP contribution in [0.15, 0.2) is 24.4 Å². The van der Waals surface area contributed by atoms with Gasteiger partial charge in [0.15, 0.2) is 0 Å². The first-order chi connectivity index (χ1) is 24.3. The molecule has 1 fully saturated rings. The van der Waals surface area contributed by atoms with Crippen LogP contribution in [0.4, 0.5) is 13.6 Å². The first kappa shape index (κ1) is 46.2. The quantitative estimate of drug-likeness (QED) is 0.176. The van der Waals surface area contributed by atoms with Gasteiger partial charge in [-0.15, -0.1) is 0 Å². The van der Waals surface area contributed by atoms with E-state index < -0.39 is 81.9 Å². The van der Waals surface area contributed by atoms with Crippen molar-refractivity contribution in [3.63, 3.8) is 0 Å². The predicted molar refractivity (Wildman–Crippen MR) is 202 cm³/mol. The van der Waals surface area contributed by atoms with Crippen LogP contribution in [0.25, 0.3) is 0 Å². The van der Waals surface area contributed by atoms with Gasteiger partial charge >= 0.3 is 6.03 Å². The molecular formula is C37H65F2N7O6S. The number of hydrogen-bond acceptors (Lipinski definition) is 8. The number of halogens is 2. The van der Waals surface area contributed by atoms with Gasteiger partial charge in [-0.1, -0.05) is 67.9 Å². The van der Waals surface area contributed by atoms with E-state index in [1.165, 1.54) is 19.0 Å². The minimum Gasteiger partial charge on any atom is -0.376 e. The summed E-state index contributed by atoms with van der Waals surface area (Å²) in [5.74, 6) is -1.22. The van der Waals surface area contributed by atoms with Crippen molar-refractivity contribution in [2.24, 2.45) is 22.7 Å². The fourth-order valence-corrected chi connectivity index (χ4v) is 6.87. The van der Waals surface area contributed by atoms with Gasteiger partial charge in [0.1, 0.15) is 12.3 Å². The Morgan fingerprint density at radius 3 is 2.19 bits per heavy atom. The number of alkyl halides is 2. The fourth-order valence-electron chi connectivity index (χ4n) is 6.45. The molecule has 53 heavy (non-hydrogen) atoms. The average Bonchev–Trinajstić information content (AvgIpc) is 3.47. The molecule has 1 aromatic rings. The van der Waals surface area contributed by atoms with E-state index in [9.17, 15) is 36.7 Å². The molecular weight excluding hydrogens is 709 g/mol. The smallest absolute Gasteiger partial charge is 0.315 e. The third kappa shape index (κ3) is 14.7. The molecule has 13 nitrogen and oxygen atoms in total. The number of carbonyl (C=O) groups excluding carboxylic acids is 3. The molecule has 16 heteroatoms. The fraction of sp³-hybridized carbons (Fsp3) is 0.784. The van der Waals surface area contributed by atoms with E-state index in [0.717, 1.165) is 22.7 Å². The van der Waals surface area contributed by atoms with Gasteiger partial charge in [-0.2, -0.15) is 0 Å². The Bertz CT molecular complexity index is 1440. The Morgan fingerprint density at radius 1 is 1.04 bits per heavy atom. The molecule has 1 aliphatic rings. The lowest BCUT2D eigenvalue weighted by Crippen LogP contribution is -2.64. The molecule has 0 aliphatic carbocycles. The summed E-state index contributed by atoms with van der Waals surface area (Å²) >= 11 is 0. The largest absolute Gasteiger partial charge is 0.376 e. The summed E-state index contributed by atoms with van der Waals surface area (Å²) in [6.45, 7) is 15.8. The normalized spacial score (nSPS) is 19.6. The maximum atomic E-state index is 14.2. The van der Waals surface area contributed by atoms with Gasteiger partial charge in [0.25, 0.3) is 0 Å². The molecule has 0 saturated carbocycles. The maximum absolute atomic E-state index is 14.2. The molecule has 1 aromatic heterocycles. The number of urea groups is 1. The number of nitrogens with zero attached hydrogens (tertiary/aromatic N) is 4. The van der Waals surface area contributed by atoms with Crippen LogP contribution < -0.4 is 16.0 Å². The van der Waals surface area contributed by atoms with E-state index in [1.54, 1.807) is 23.2 Å². The van der Waals surface area contributed by atoms with Crippen molar-refractivity contribution in [3.8, 4) is 0 Å².